The average molecular weight is 300 g/mol. The first kappa shape index (κ1) is 15.6. The topological polar surface area (TPSA) is 37.3 Å². The van der Waals surface area contributed by atoms with Gasteiger partial charge in [-0.2, -0.15) is 0 Å². The molecule has 0 aliphatic rings. The number of aliphatic carboxylic acids is 1. The average Bonchev–Trinajstić information content (AvgIpc) is 2.50. The lowest BCUT2D eigenvalue weighted by atomic mass is 10.0. The van der Waals surface area contributed by atoms with Gasteiger partial charge < -0.3 is 5.11 Å². The molecular weight excluding hydrogens is 286 g/mol. The van der Waals surface area contributed by atoms with E-state index in [0.717, 1.165) is 23.3 Å². The van der Waals surface area contributed by atoms with E-state index in [9.17, 15) is 13.6 Å². The second kappa shape index (κ2) is 7.31. The summed E-state index contributed by atoms with van der Waals surface area (Å²) in [6.45, 7) is 0. The molecule has 112 valence electrons. The Morgan fingerprint density at radius 2 is 1.64 bits per heavy atom. The van der Waals surface area contributed by atoms with Crippen molar-refractivity contribution < 1.29 is 18.7 Å². The van der Waals surface area contributed by atoms with Crippen molar-refractivity contribution in [1.82, 2.24) is 0 Å². The summed E-state index contributed by atoms with van der Waals surface area (Å²) in [4.78, 5) is 10.3. The number of benzene rings is 2. The van der Waals surface area contributed by atoms with Crippen molar-refractivity contribution in [3.63, 3.8) is 0 Å². The summed E-state index contributed by atoms with van der Waals surface area (Å²) >= 11 is 0. The van der Waals surface area contributed by atoms with Crippen molar-refractivity contribution in [2.75, 3.05) is 0 Å². The molecular formula is C18H14F2O2. The van der Waals surface area contributed by atoms with Crippen molar-refractivity contribution in [2.24, 2.45) is 0 Å². The lowest BCUT2D eigenvalue weighted by Gasteiger charge is -2.04. The SMILES string of the molecule is O=C(O)C=CC=CCc1ccc(-c2ccc(F)c(F)c2)cc1. The highest BCUT2D eigenvalue weighted by Gasteiger charge is 2.04. The number of carboxylic acid groups (broad SMARTS) is 1. The quantitative estimate of drug-likeness (QED) is 0.657. The number of rotatable bonds is 5. The zero-order valence-corrected chi connectivity index (χ0v) is 11.7. The fourth-order valence-corrected chi connectivity index (χ4v) is 1.93. The summed E-state index contributed by atoms with van der Waals surface area (Å²) in [6, 6.07) is 11.3. The van der Waals surface area contributed by atoms with Crippen LogP contribution in [0.3, 0.4) is 0 Å². The molecule has 0 aliphatic heterocycles. The first-order chi connectivity index (χ1) is 10.6. The van der Waals surface area contributed by atoms with Crippen molar-refractivity contribution in [2.45, 2.75) is 6.42 Å². The summed E-state index contributed by atoms with van der Waals surface area (Å²) in [7, 11) is 0. The number of carbonyl (C=O) groups is 1. The van der Waals surface area contributed by atoms with E-state index in [2.05, 4.69) is 0 Å². The first-order valence-electron chi connectivity index (χ1n) is 6.67. The zero-order chi connectivity index (χ0) is 15.9. The van der Waals surface area contributed by atoms with Crippen LogP contribution in [0.2, 0.25) is 0 Å². The van der Waals surface area contributed by atoms with Gasteiger partial charge in [0.15, 0.2) is 11.6 Å². The van der Waals surface area contributed by atoms with Gasteiger partial charge in [0.1, 0.15) is 0 Å². The van der Waals surface area contributed by atoms with Crippen LogP contribution in [0, 0.1) is 11.6 Å². The Morgan fingerprint density at radius 3 is 2.27 bits per heavy atom. The van der Waals surface area contributed by atoms with E-state index in [-0.39, 0.29) is 0 Å². The number of hydrogen-bond donors (Lipinski definition) is 1. The molecule has 0 saturated carbocycles. The lowest BCUT2D eigenvalue weighted by molar-refractivity contribution is -0.131. The third-order valence-electron chi connectivity index (χ3n) is 3.05. The van der Waals surface area contributed by atoms with Crippen LogP contribution in [0.4, 0.5) is 8.78 Å². The minimum atomic E-state index is -0.986. The zero-order valence-electron chi connectivity index (χ0n) is 11.7. The summed E-state index contributed by atoms with van der Waals surface area (Å²) in [6.07, 6.45) is 6.67. The molecule has 0 aromatic heterocycles. The fraction of sp³-hybridized carbons (Fsp3) is 0.0556. The first-order valence-corrected chi connectivity index (χ1v) is 6.67. The van der Waals surface area contributed by atoms with Crippen LogP contribution in [-0.2, 0) is 11.2 Å². The summed E-state index contributed by atoms with van der Waals surface area (Å²) in [5.74, 6) is -2.71. The van der Waals surface area contributed by atoms with Gasteiger partial charge in [-0.25, -0.2) is 13.6 Å². The molecule has 2 rings (SSSR count). The fourth-order valence-electron chi connectivity index (χ4n) is 1.93. The van der Waals surface area contributed by atoms with Gasteiger partial charge in [0, 0.05) is 6.08 Å². The van der Waals surface area contributed by atoms with Crippen LogP contribution in [0.5, 0.6) is 0 Å². The van der Waals surface area contributed by atoms with Crippen LogP contribution in [0.1, 0.15) is 5.56 Å². The van der Waals surface area contributed by atoms with Gasteiger partial charge in [0.2, 0.25) is 0 Å². The molecule has 2 aromatic carbocycles. The van der Waals surface area contributed by atoms with E-state index >= 15 is 0 Å². The summed E-state index contributed by atoms with van der Waals surface area (Å²) in [5, 5.41) is 8.43. The maximum atomic E-state index is 13.2. The Hall–Kier alpha value is -2.75. The summed E-state index contributed by atoms with van der Waals surface area (Å²) < 4.78 is 26.1. The Kier molecular flexibility index (Phi) is 5.20. The Balaban J connectivity index is 2.04. The van der Waals surface area contributed by atoms with Crippen molar-refractivity contribution >= 4 is 5.97 Å². The number of hydrogen-bond acceptors (Lipinski definition) is 1. The van der Waals surface area contributed by atoms with Gasteiger partial charge in [0.25, 0.3) is 0 Å². The van der Waals surface area contributed by atoms with Crippen LogP contribution in [0.25, 0.3) is 11.1 Å². The minimum absolute atomic E-state index is 0.616. The molecule has 0 amide bonds. The molecule has 0 fully saturated rings. The highest BCUT2D eigenvalue weighted by molar-refractivity contribution is 5.80. The Morgan fingerprint density at radius 1 is 0.955 bits per heavy atom. The standard InChI is InChI=1S/C18H14F2O2/c19-16-11-10-15(12-17(16)20)14-8-6-13(7-9-14)4-2-1-3-5-18(21)22/h1-3,5-12H,4H2,(H,21,22). The molecule has 22 heavy (non-hydrogen) atoms. The predicted octanol–water partition coefficient (Wildman–Crippen LogP) is 4.37. The number of allylic oxidation sites excluding steroid dienone is 3. The molecule has 0 atom stereocenters. The monoisotopic (exact) mass is 300 g/mol. The maximum absolute atomic E-state index is 13.2. The third kappa shape index (κ3) is 4.38. The molecule has 0 saturated heterocycles. The predicted molar refractivity (Wildman–Crippen MR) is 81.4 cm³/mol. The van der Waals surface area contributed by atoms with Crippen molar-refractivity contribution in [3.05, 3.63) is 84.0 Å². The molecule has 1 N–H and O–H groups in total. The maximum Gasteiger partial charge on any atom is 0.328 e. The highest BCUT2D eigenvalue weighted by atomic mass is 19.2. The molecule has 0 bridgehead atoms. The Bertz CT molecular complexity index is 716. The minimum Gasteiger partial charge on any atom is -0.478 e. The molecule has 0 unspecified atom stereocenters. The summed E-state index contributed by atoms with van der Waals surface area (Å²) in [5.41, 5.74) is 2.45. The van der Waals surface area contributed by atoms with Gasteiger partial charge in [-0.3, -0.25) is 0 Å². The van der Waals surface area contributed by atoms with E-state index in [1.807, 2.05) is 30.3 Å². The van der Waals surface area contributed by atoms with Crippen molar-refractivity contribution in [3.8, 4) is 11.1 Å². The van der Waals surface area contributed by atoms with Crippen LogP contribution in [0.15, 0.2) is 66.8 Å². The second-order valence-corrected chi connectivity index (χ2v) is 4.66. The molecule has 2 aromatic rings. The molecule has 4 heteroatoms. The van der Waals surface area contributed by atoms with E-state index < -0.39 is 17.6 Å². The van der Waals surface area contributed by atoms with Gasteiger partial charge in [0.05, 0.1) is 0 Å². The smallest absolute Gasteiger partial charge is 0.328 e. The number of halogens is 2. The molecule has 0 radical (unpaired) electrons. The Labute approximate surface area is 127 Å². The van der Waals surface area contributed by atoms with E-state index in [1.165, 1.54) is 18.2 Å². The van der Waals surface area contributed by atoms with Crippen LogP contribution >= 0.6 is 0 Å². The molecule has 0 heterocycles. The van der Waals surface area contributed by atoms with E-state index in [4.69, 9.17) is 5.11 Å². The normalized spacial score (nSPS) is 11.4. The van der Waals surface area contributed by atoms with Crippen molar-refractivity contribution in [1.29, 1.82) is 0 Å². The molecule has 2 nitrogen and oxygen atoms in total. The third-order valence-corrected chi connectivity index (χ3v) is 3.05. The van der Waals surface area contributed by atoms with E-state index in [1.54, 1.807) is 6.08 Å². The largest absolute Gasteiger partial charge is 0.478 e. The molecule has 0 spiro atoms. The highest BCUT2D eigenvalue weighted by Crippen LogP contribution is 2.22. The van der Waals surface area contributed by atoms with Gasteiger partial charge in [-0.15, -0.1) is 0 Å². The van der Waals surface area contributed by atoms with Crippen LogP contribution < -0.4 is 0 Å². The lowest BCUT2D eigenvalue weighted by Crippen LogP contribution is -1.86. The van der Waals surface area contributed by atoms with Gasteiger partial charge >= 0.3 is 5.97 Å². The second-order valence-electron chi connectivity index (χ2n) is 4.66. The number of carboxylic acids is 1. The molecule has 0 aliphatic carbocycles. The van der Waals surface area contributed by atoms with Crippen LogP contribution in [-0.4, -0.2) is 11.1 Å². The van der Waals surface area contributed by atoms with Gasteiger partial charge in [-0.1, -0.05) is 48.6 Å². The van der Waals surface area contributed by atoms with Gasteiger partial charge in [-0.05, 0) is 35.2 Å². The van der Waals surface area contributed by atoms with E-state index in [0.29, 0.717) is 12.0 Å².